The van der Waals surface area contributed by atoms with Gasteiger partial charge in [0.1, 0.15) is 17.9 Å². The second-order valence-electron chi connectivity index (χ2n) is 8.88. The maximum Gasteiger partial charge on any atom is 0.408 e. The monoisotopic (exact) mass is 519 g/mol. The fraction of sp³-hybridized carbons (Fsp3) is 0.0938. The van der Waals surface area contributed by atoms with Crippen molar-refractivity contribution in [1.82, 2.24) is 5.32 Å². The third-order valence-electron chi connectivity index (χ3n) is 6.25. The highest BCUT2D eigenvalue weighted by Crippen LogP contribution is 2.33. The van der Waals surface area contributed by atoms with Crippen LogP contribution < -0.4 is 15.7 Å². The van der Waals surface area contributed by atoms with Crippen LogP contribution in [0.25, 0.3) is 22.1 Å². The molecule has 7 nitrogen and oxygen atoms in total. The van der Waals surface area contributed by atoms with Gasteiger partial charge in [-0.2, -0.15) is 0 Å². The van der Waals surface area contributed by atoms with Crippen molar-refractivity contribution in [3.63, 3.8) is 0 Å². The Bertz CT molecular complexity index is 1660. The van der Waals surface area contributed by atoms with E-state index in [2.05, 4.69) is 5.32 Å². The second-order valence-corrected chi connectivity index (χ2v) is 8.88. The molecule has 39 heavy (non-hydrogen) atoms. The molecule has 0 saturated carbocycles. The smallest absolute Gasteiger partial charge is 0.408 e. The highest BCUT2D eigenvalue weighted by molar-refractivity contribution is 5.96. The SMILES string of the molecule is Cc1c(OC(=O)[C@@H](NC(=O)OCc2ccccc2)c2ccccc2)ccc2c(-c3ccccc3)cc(=O)oc12. The number of carbonyl (C=O) groups is 2. The molecule has 4 aromatic carbocycles. The van der Waals surface area contributed by atoms with Gasteiger partial charge in [0, 0.05) is 17.0 Å². The lowest BCUT2D eigenvalue weighted by Crippen LogP contribution is -2.36. The van der Waals surface area contributed by atoms with Crippen molar-refractivity contribution in [2.75, 3.05) is 0 Å². The van der Waals surface area contributed by atoms with E-state index in [1.807, 2.05) is 60.7 Å². The van der Waals surface area contributed by atoms with Gasteiger partial charge in [-0.1, -0.05) is 91.0 Å². The fourth-order valence-corrected chi connectivity index (χ4v) is 4.28. The molecule has 0 saturated heterocycles. The highest BCUT2D eigenvalue weighted by Gasteiger charge is 2.27. The summed E-state index contributed by atoms with van der Waals surface area (Å²) in [7, 11) is 0. The van der Waals surface area contributed by atoms with Gasteiger partial charge < -0.3 is 19.2 Å². The third kappa shape index (κ3) is 5.88. The summed E-state index contributed by atoms with van der Waals surface area (Å²) >= 11 is 0. The fourth-order valence-electron chi connectivity index (χ4n) is 4.28. The van der Waals surface area contributed by atoms with Gasteiger partial charge in [-0.15, -0.1) is 0 Å². The molecule has 0 aliphatic rings. The van der Waals surface area contributed by atoms with Crippen LogP contribution in [-0.2, 0) is 16.1 Å². The molecule has 7 heteroatoms. The minimum Gasteiger partial charge on any atom is -0.445 e. The Hall–Kier alpha value is -5.17. The van der Waals surface area contributed by atoms with Crippen LogP contribution >= 0.6 is 0 Å². The van der Waals surface area contributed by atoms with Crippen LogP contribution in [0.2, 0.25) is 0 Å². The first-order valence-electron chi connectivity index (χ1n) is 12.4. The molecular formula is C32H25NO6. The Balaban J connectivity index is 1.41. The molecule has 0 spiro atoms. The number of nitrogens with one attached hydrogen (secondary N) is 1. The normalized spacial score (nSPS) is 11.5. The molecule has 1 N–H and O–H groups in total. The standard InChI is InChI=1S/C32H25NO6/c1-21-27(18-17-25-26(19-28(34)39-30(21)25)23-13-7-3-8-14-23)38-31(35)29(24-15-9-4-10-16-24)33-32(36)37-20-22-11-5-2-6-12-22/h2-19,29H,20H2,1H3,(H,33,36)/t29-/m0/s1. The van der Waals surface area contributed by atoms with Crippen LogP contribution in [0.1, 0.15) is 22.7 Å². The number of aryl methyl sites for hydroxylation is 1. The predicted octanol–water partition coefficient (Wildman–Crippen LogP) is 6.34. The first-order valence-corrected chi connectivity index (χ1v) is 12.4. The zero-order chi connectivity index (χ0) is 27.2. The maximum absolute atomic E-state index is 13.4. The van der Waals surface area contributed by atoms with Crippen molar-refractivity contribution in [3.05, 3.63) is 136 Å². The summed E-state index contributed by atoms with van der Waals surface area (Å²) in [5.41, 5.74) is 3.20. The number of carbonyl (C=O) groups excluding carboxylic acids is 2. The molecule has 1 heterocycles. The molecule has 0 aliphatic heterocycles. The van der Waals surface area contributed by atoms with Crippen LogP contribution in [0.15, 0.2) is 118 Å². The summed E-state index contributed by atoms with van der Waals surface area (Å²) < 4.78 is 16.6. The van der Waals surface area contributed by atoms with E-state index in [1.165, 1.54) is 6.07 Å². The summed E-state index contributed by atoms with van der Waals surface area (Å²) in [6.07, 6.45) is -0.765. The zero-order valence-corrected chi connectivity index (χ0v) is 21.1. The molecular weight excluding hydrogens is 494 g/mol. The van der Waals surface area contributed by atoms with Gasteiger partial charge in [-0.25, -0.2) is 14.4 Å². The number of hydrogen-bond acceptors (Lipinski definition) is 6. The quantitative estimate of drug-likeness (QED) is 0.153. The van der Waals surface area contributed by atoms with Gasteiger partial charge >= 0.3 is 17.7 Å². The minimum atomic E-state index is -1.13. The van der Waals surface area contributed by atoms with E-state index in [0.29, 0.717) is 27.7 Å². The molecule has 0 fully saturated rings. The lowest BCUT2D eigenvalue weighted by atomic mass is 10.00. The van der Waals surface area contributed by atoms with E-state index in [4.69, 9.17) is 13.9 Å². The molecule has 5 rings (SSSR count). The molecule has 0 aliphatic carbocycles. The highest BCUT2D eigenvalue weighted by atomic mass is 16.6. The molecule has 194 valence electrons. The minimum absolute atomic E-state index is 0.0514. The van der Waals surface area contributed by atoms with Crippen LogP contribution in [0, 0.1) is 6.92 Å². The van der Waals surface area contributed by atoms with E-state index in [-0.39, 0.29) is 12.4 Å². The van der Waals surface area contributed by atoms with E-state index in [9.17, 15) is 14.4 Å². The van der Waals surface area contributed by atoms with Crippen molar-refractivity contribution in [2.24, 2.45) is 0 Å². The van der Waals surface area contributed by atoms with Crippen molar-refractivity contribution < 1.29 is 23.5 Å². The van der Waals surface area contributed by atoms with Gasteiger partial charge in [0.2, 0.25) is 0 Å². The van der Waals surface area contributed by atoms with Crippen molar-refractivity contribution >= 4 is 23.0 Å². The topological polar surface area (TPSA) is 94.8 Å². The number of fused-ring (bicyclic) bond motifs is 1. The molecule has 0 radical (unpaired) electrons. The average molecular weight is 520 g/mol. The van der Waals surface area contributed by atoms with Gasteiger partial charge in [0.15, 0.2) is 6.04 Å². The average Bonchev–Trinajstić information content (AvgIpc) is 2.97. The van der Waals surface area contributed by atoms with E-state index in [0.717, 1.165) is 11.1 Å². The van der Waals surface area contributed by atoms with Crippen LogP contribution in [0.5, 0.6) is 5.75 Å². The first-order chi connectivity index (χ1) is 19.0. The largest absolute Gasteiger partial charge is 0.445 e. The molecule has 1 atom stereocenters. The van der Waals surface area contributed by atoms with Gasteiger partial charge in [-0.3, -0.25) is 0 Å². The molecule has 5 aromatic rings. The number of amides is 1. The van der Waals surface area contributed by atoms with Crippen molar-refractivity contribution in [3.8, 4) is 16.9 Å². The van der Waals surface area contributed by atoms with Gasteiger partial charge in [-0.05, 0) is 41.3 Å². The van der Waals surface area contributed by atoms with Gasteiger partial charge in [0.25, 0.3) is 0 Å². The summed E-state index contributed by atoms with van der Waals surface area (Å²) in [5.74, 6) is -0.511. The number of alkyl carbamates (subject to hydrolysis) is 1. The number of ether oxygens (including phenoxy) is 2. The summed E-state index contributed by atoms with van der Waals surface area (Å²) in [5, 5.41) is 3.32. The second kappa shape index (κ2) is 11.5. The summed E-state index contributed by atoms with van der Waals surface area (Å²) in [6.45, 7) is 1.76. The van der Waals surface area contributed by atoms with Crippen LogP contribution in [0.4, 0.5) is 4.79 Å². The maximum atomic E-state index is 13.4. The van der Waals surface area contributed by atoms with E-state index in [1.54, 1.807) is 49.4 Å². The van der Waals surface area contributed by atoms with Crippen molar-refractivity contribution in [2.45, 2.75) is 19.6 Å². The summed E-state index contributed by atoms with van der Waals surface area (Å²) in [6, 6.07) is 31.2. The Morgan fingerprint density at radius 2 is 1.49 bits per heavy atom. The molecule has 0 bridgehead atoms. The zero-order valence-electron chi connectivity index (χ0n) is 21.1. The van der Waals surface area contributed by atoms with E-state index >= 15 is 0 Å². The number of hydrogen-bond donors (Lipinski definition) is 1. The lowest BCUT2D eigenvalue weighted by Gasteiger charge is -2.19. The predicted molar refractivity (Wildman–Crippen MR) is 147 cm³/mol. The van der Waals surface area contributed by atoms with Crippen LogP contribution in [-0.4, -0.2) is 12.1 Å². The Kier molecular flexibility index (Phi) is 7.50. The Morgan fingerprint density at radius 3 is 2.18 bits per heavy atom. The number of esters is 1. The molecule has 0 unspecified atom stereocenters. The number of rotatable bonds is 7. The van der Waals surface area contributed by atoms with Crippen molar-refractivity contribution in [1.29, 1.82) is 0 Å². The molecule has 1 aromatic heterocycles. The Labute approximate surface area is 224 Å². The van der Waals surface area contributed by atoms with Crippen LogP contribution in [0.3, 0.4) is 0 Å². The third-order valence-corrected chi connectivity index (χ3v) is 6.25. The first kappa shape index (κ1) is 25.5. The molecule has 1 amide bonds. The van der Waals surface area contributed by atoms with E-state index < -0.39 is 23.7 Å². The van der Waals surface area contributed by atoms with Gasteiger partial charge in [0.05, 0.1) is 0 Å². The Morgan fingerprint density at radius 1 is 0.846 bits per heavy atom. The summed E-state index contributed by atoms with van der Waals surface area (Å²) in [4.78, 5) is 38.4. The number of benzene rings is 4. The lowest BCUT2D eigenvalue weighted by molar-refractivity contribution is -0.136.